The first kappa shape index (κ1) is 21.1. The number of pyridine rings is 1. The molecule has 4 aromatic rings. The highest BCUT2D eigenvalue weighted by atomic mass is 79.9. The lowest BCUT2D eigenvalue weighted by molar-refractivity contribution is 0.0600. The van der Waals surface area contributed by atoms with Crippen LogP contribution in [0.2, 0.25) is 0 Å². The topological polar surface area (TPSA) is 89.7 Å². The van der Waals surface area contributed by atoms with E-state index >= 15 is 0 Å². The number of amides is 1. The molecule has 33 heavy (non-hydrogen) atoms. The number of halogens is 1. The number of rotatable bonds is 3. The zero-order chi connectivity index (χ0) is 23.3. The number of methoxy groups -OCH3 is 1. The zero-order valence-corrected chi connectivity index (χ0v) is 19.3. The van der Waals surface area contributed by atoms with Crippen molar-refractivity contribution < 1.29 is 18.7 Å². The molecule has 0 fully saturated rings. The average Bonchev–Trinajstić information content (AvgIpc) is 3.12. The molecule has 5 rings (SSSR count). The summed E-state index contributed by atoms with van der Waals surface area (Å²) in [5.74, 6) is -0.551. The van der Waals surface area contributed by atoms with E-state index in [1.54, 1.807) is 54.7 Å². The molecule has 0 N–H and O–H groups in total. The van der Waals surface area contributed by atoms with Crippen molar-refractivity contribution in [3.05, 3.63) is 104 Å². The zero-order valence-electron chi connectivity index (χ0n) is 17.7. The normalized spacial score (nSPS) is 15.1. The molecule has 164 valence electrons. The van der Waals surface area contributed by atoms with Crippen molar-refractivity contribution in [1.29, 1.82) is 0 Å². The van der Waals surface area contributed by atoms with Crippen LogP contribution in [0.15, 0.2) is 74.5 Å². The molecule has 0 bridgehead atoms. The average molecular weight is 505 g/mol. The number of nitrogens with zero attached hydrogens (tertiary/aromatic N) is 2. The molecule has 0 saturated heterocycles. The second kappa shape index (κ2) is 7.97. The smallest absolute Gasteiger partial charge is 0.337 e. The molecule has 1 aliphatic rings. The molecule has 0 saturated carbocycles. The number of esters is 1. The van der Waals surface area contributed by atoms with Crippen LogP contribution >= 0.6 is 15.9 Å². The predicted molar refractivity (Wildman–Crippen MR) is 126 cm³/mol. The second-order valence-corrected chi connectivity index (χ2v) is 8.62. The monoisotopic (exact) mass is 504 g/mol. The van der Waals surface area contributed by atoms with Crippen LogP contribution in [0.3, 0.4) is 0 Å². The predicted octanol–water partition coefficient (Wildman–Crippen LogP) is 4.80. The summed E-state index contributed by atoms with van der Waals surface area (Å²) in [6.07, 6.45) is 1.66. The van der Waals surface area contributed by atoms with Crippen molar-refractivity contribution >= 4 is 44.6 Å². The largest absolute Gasteiger partial charge is 0.465 e. The van der Waals surface area contributed by atoms with Gasteiger partial charge < -0.3 is 9.15 Å². The number of ether oxygens (including phenoxy) is 1. The summed E-state index contributed by atoms with van der Waals surface area (Å²) in [5, 5.41) is 0.367. The van der Waals surface area contributed by atoms with Crippen LogP contribution < -0.4 is 10.3 Å². The number of hydrogen-bond acceptors (Lipinski definition) is 6. The minimum atomic E-state index is -0.769. The molecule has 0 radical (unpaired) electrons. The summed E-state index contributed by atoms with van der Waals surface area (Å²) in [6.45, 7) is 1.90. The van der Waals surface area contributed by atoms with Crippen molar-refractivity contribution in [2.75, 3.05) is 12.0 Å². The Morgan fingerprint density at radius 3 is 2.52 bits per heavy atom. The lowest BCUT2D eigenvalue weighted by atomic mass is 9.97. The van der Waals surface area contributed by atoms with Gasteiger partial charge in [-0.1, -0.05) is 34.1 Å². The van der Waals surface area contributed by atoms with Gasteiger partial charge in [-0.3, -0.25) is 14.5 Å². The van der Waals surface area contributed by atoms with E-state index in [0.29, 0.717) is 27.9 Å². The van der Waals surface area contributed by atoms with Gasteiger partial charge in [0.2, 0.25) is 5.76 Å². The SMILES string of the molecule is COC(=O)c1ccc(C2c3c(oc4ccc(Br)cc4c3=O)C(=O)N2c2ccc(C)cn2)cc1. The Bertz CT molecular complexity index is 1480. The third kappa shape index (κ3) is 3.43. The molecule has 0 spiro atoms. The van der Waals surface area contributed by atoms with Crippen LogP contribution in [-0.2, 0) is 4.74 Å². The summed E-state index contributed by atoms with van der Waals surface area (Å²) in [6, 6.07) is 14.5. The standard InChI is InChI=1S/C25H17BrN2O5/c1-13-3-10-19(27-12-13)28-21(14-4-6-15(7-5-14)25(31)32-2)20-22(29)17-11-16(26)8-9-18(17)33-23(20)24(28)30/h3-12,21H,1-2H3. The van der Waals surface area contributed by atoms with E-state index in [1.807, 2.05) is 13.0 Å². The summed E-state index contributed by atoms with van der Waals surface area (Å²) < 4.78 is 11.4. The Kier molecular flexibility index (Phi) is 5.09. The maximum Gasteiger partial charge on any atom is 0.337 e. The van der Waals surface area contributed by atoms with Gasteiger partial charge in [0.15, 0.2) is 5.43 Å². The maximum atomic E-state index is 13.6. The van der Waals surface area contributed by atoms with E-state index in [0.717, 1.165) is 10.0 Å². The van der Waals surface area contributed by atoms with E-state index in [1.165, 1.54) is 12.0 Å². The fourth-order valence-electron chi connectivity index (χ4n) is 4.02. The molecule has 8 heteroatoms. The highest BCUT2D eigenvalue weighted by Crippen LogP contribution is 2.40. The number of fused-ring (bicyclic) bond motifs is 2. The van der Waals surface area contributed by atoms with Crippen LogP contribution in [0.25, 0.3) is 11.0 Å². The highest BCUT2D eigenvalue weighted by molar-refractivity contribution is 9.10. The molecule has 1 aliphatic heterocycles. The van der Waals surface area contributed by atoms with Gasteiger partial charge in [0.05, 0.1) is 29.7 Å². The maximum absolute atomic E-state index is 13.6. The third-order valence-electron chi connectivity index (χ3n) is 5.62. The van der Waals surface area contributed by atoms with E-state index in [2.05, 4.69) is 20.9 Å². The van der Waals surface area contributed by atoms with Gasteiger partial charge in [0.1, 0.15) is 11.4 Å². The second-order valence-electron chi connectivity index (χ2n) is 7.70. The van der Waals surface area contributed by atoms with Gasteiger partial charge in [-0.2, -0.15) is 0 Å². The van der Waals surface area contributed by atoms with Crippen molar-refractivity contribution in [2.45, 2.75) is 13.0 Å². The van der Waals surface area contributed by atoms with E-state index in [-0.39, 0.29) is 16.8 Å². The first-order valence-electron chi connectivity index (χ1n) is 10.1. The Hall–Kier alpha value is -3.78. The summed E-state index contributed by atoms with van der Waals surface area (Å²) in [4.78, 5) is 44.9. The van der Waals surface area contributed by atoms with E-state index in [9.17, 15) is 14.4 Å². The molecule has 2 aromatic carbocycles. The van der Waals surface area contributed by atoms with Crippen LogP contribution in [0, 0.1) is 6.92 Å². The third-order valence-corrected chi connectivity index (χ3v) is 6.12. The van der Waals surface area contributed by atoms with Crippen LogP contribution in [0.4, 0.5) is 5.82 Å². The number of anilines is 1. The minimum absolute atomic E-state index is 0.0146. The Labute approximate surface area is 196 Å². The number of hydrogen-bond donors (Lipinski definition) is 0. The first-order chi connectivity index (χ1) is 15.9. The van der Waals surface area contributed by atoms with Crippen molar-refractivity contribution in [2.24, 2.45) is 0 Å². The molecule has 7 nitrogen and oxygen atoms in total. The fourth-order valence-corrected chi connectivity index (χ4v) is 4.38. The van der Waals surface area contributed by atoms with E-state index < -0.39 is 17.9 Å². The Morgan fingerprint density at radius 1 is 1.09 bits per heavy atom. The van der Waals surface area contributed by atoms with E-state index in [4.69, 9.17) is 9.15 Å². The highest BCUT2D eigenvalue weighted by Gasteiger charge is 2.44. The lowest BCUT2D eigenvalue weighted by Crippen LogP contribution is -2.30. The van der Waals surface area contributed by atoms with Crippen LogP contribution in [0.5, 0.6) is 0 Å². The van der Waals surface area contributed by atoms with Gasteiger partial charge in [0, 0.05) is 10.7 Å². The molecular formula is C25H17BrN2O5. The summed E-state index contributed by atoms with van der Waals surface area (Å²) in [7, 11) is 1.31. The van der Waals surface area contributed by atoms with Crippen LogP contribution in [-0.4, -0.2) is 24.0 Å². The van der Waals surface area contributed by atoms with Gasteiger partial charge in [0.25, 0.3) is 5.91 Å². The molecule has 1 unspecified atom stereocenters. The lowest BCUT2D eigenvalue weighted by Gasteiger charge is -2.24. The number of aromatic nitrogens is 1. The van der Waals surface area contributed by atoms with Crippen molar-refractivity contribution in [3.63, 3.8) is 0 Å². The summed E-state index contributed by atoms with van der Waals surface area (Å²) in [5.41, 5.74) is 2.20. The molecule has 1 atom stereocenters. The van der Waals surface area contributed by atoms with Gasteiger partial charge >= 0.3 is 5.97 Å². The minimum Gasteiger partial charge on any atom is -0.465 e. The Morgan fingerprint density at radius 2 is 1.85 bits per heavy atom. The van der Waals surface area contributed by atoms with Gasteiger partial charge in [-0.05, 0) is 54.4 Å². The summed E-state index contributed by atoms with van der Waals surface area (Å²) >= 11 is 3.39. The molecule has 0 aliphatic carbocycles. The van der Waals surface area contributed by atoms with Crippen LogP contribution in [0.1, 0.15) is 43.6 Å². The number of carbonyl (C=O) groups is 2. The molecule has 2 aromatic heterocycles. The Balaban J connectivity index is 1.76. The number of benzene rings is 2. The van der Waals surface area contributed by atoms with Gasteiger partial charge in [-0.25, -0.2) is 9.78 Å². The van der Waals surface area contributed by atoms with Crippen molar-refractivity contribution in [1.82, 2.24) is 4.98 Å². The molecular weight excluding hydrogens is 488 g/mol. The molecule has 3 heterocycles. The number of carbonyl (C=O) groups excluding carboxylic acids is 2. The van der Waals surface area contributed by atoms with Crippen molar-refractivity contribution in [3.8, 4) is 0 Å². The fraction of sp³-hybridized carbons (Fsp3) is 0.120. The first-order valence-corrected chi connectivity index (χ1v) is 10.9. The van der Waals surface area contributed by atoms with Gasteiger partial charge in [-0.15, -0.1) is 0 Å². The number of aryl methyl sites for hydroxylation is 1. The quantitative estimate of drug-likeness (QED) is 0.372. The molecule has 1 amide bonds.